The van der Waals surface area contributed by atoms with Crippen LogP contribution in [-0.4, -0.2) is 58.2 Å². The van der Waals surface area contributed by atoms with E-state index in [4.69, 9.17) is 0 Å². The molecule has 6 nitrogen and oxygen atoms in total. The van der Waals surface area contributed by atoms with Crippen LogP contribution in [0.15, 0.2) is 21.8 Å². The number of rotatable bonds is 9. The zero-order chi connectivity index (χ0) is 17.3. The summed E-state index contributed by atoms with van der Waals surface area (Å²) in [4.78, 5) is 4.19. The van der Waals surface area contributed by atoms with Crippen molar-refractivity contribution in [2.75, 3.05) is 39.5 Å². The molecule has 1 atom stereocenters. The van der Waals surface area contributed by atoms with Crippen LogP contribution in [0.3, 0.4) is 0 Å². The van der Waals surface area contributed by atoms with Gasteiger partial charge in [0.25, 0.3) is 0 Å². The number of hydrogen-bond acceptors (Lipinski definition) is 4. The predicted molar refractivity (Wildman–Crippen MR) is 98.8 cm³/mol. The molecule has 0 saturated carbocycles. The zero-order valence-electron chi connectivity index (χ0n) is 14.4. The molecule has 0 amide bonds. The Hall–Kier alpha value is -1.12. The van der Waals surface area contributed by atoms with Crippen molar-refractivity contribution in [3.05, 3.63) is 22.4 Å². The number of guanidine groups is 1. The van der Waals surface area contributed by atoms with E-state index >= 15 is 0 Å². The van der Waals surface area contributed by atoms with Crippen LogP contribution < -0.4 is 10.6 Å². The topological polar surface area (TPSA) is 73.8 Å². The average Bonchev–Trinajstić information content (AvgIpc) is 3.08. The Morgan fingerprint density at radius 1 is 1.43 bits per heavy atom. The SMILES string of the molecule is CCS(=O)(=O)N(C)CCCNC(=NC)NCC(C)c1ccsc1. The van der Waals surface area contributed by atoms with Crippen LogP contribution in [-0.2, 0) is 10.0 Å². The first-order valence-corrected chi connectivity index (χ1v) is 10.4. The molecule has 0 fully saturated rings. The third-order valence-corrected chi connectivity index (χ3v) is 6.26. The molecule has 1 aromatic rings. The van der Waals surface area contributed by atoms with E-state index in [0.29, 0.717) is 19.0 Å². The molecule has 0 aliphatic heterocycles. The van der Waals surface area contributed by atoms with Gasteiger partial charge >= 0.3 is 0 Å². The van der Waals surface area contributed by atoms with Crippen molar-refractivity contribution >= 4 is 27.3 Å². The Balaban J connectivity index is 2.27. The normalized spacial score (nSPS) is 14.0. The van der Waals surface area contributed by atoms with E-state index in [0.717, 1.165) is 18.9 Å². The highest BCUT2D eigenvalue weighted by atomic mass is 32.2. The van der Waals surface area contributed by atoms with Gasteiger partial charge in [-0.3, -0.25) is 4.99 Å². The third-order valence-electron chi connectivity index (χ3n) is 3.69. The number of nitrogens with one attached hydrogen (secondary N) is 2. The number of aliphatic imine (C=N–C) groups is 1. The van der Waals surface area contributed by atoms with Crippen LogP contribution in [0.25, 0.3) is 0 Å². The zero-order valence-corrected chi connectivity index (χ0v) is 16.0. The van der Waals surface area contributed by atoms with Gasteiger partial charge in [-0.25, -0.2) is 12.7 Å². The molecule has 0 spiro atoms. The summed E-state index contributed by atoms with van der Waals surface area (Å²) in [6.07, 6.45) is 0.733. The highest BCUT2D eigenvalue weighted by Gasteiger charge is 2.14. The van der Waals surface area contributed by atoms with E-state index in [-0.39, 0.29) is 5.75 Å². The number of thiophene rings is 1. The van der Waals surface area contributed by atoms with Crippen molar-refractivity contribution in [2.24, 2.45) is 4.99 Å². The molecular formula is C15H28N4O2S2. The summed E-state index contributed by atoms with van der Waals surface area (Å²) < 4.78 is 24.7. The van der Waals surface area contributed by atoms with E-state index < -0.39 is 10.0 Å². The van der Waals surface area contributed by atoms with Crippen LogP contribution in [0.1, 0.15) is 31.7 Å². The van der Waals surface area contributed by atoms with Gasteiger partial charge in [-0.2, -0.15) is 11.3 Å². The maximum Gasteiger partial charge on any atom is 0.213 e. The van der Waals surface area contributed by atoms with E-state index in [2.05, 4.69) is 39.4 Å². The lowest BCUT2D eigenvalue weighted by molar-refractivity contribution is 0.461. The second-order valence-electron chi connectivity index (χ2n) is 5.41. The molecule has 132 valence electrons. The van der Waals surface area contributed by atoms with E-state index in [1.807, 2.05) is 0 Å². The monoisotopic (exact) mass is 360 g/mol. The van der Waals surface area contributed by atoms with Gasteiger partial charge in [0.05, 0.1) is 5.75 Å². The van der Waals surface area contributed by atoms with E-state index in [9.17, 15) is 8.42 Å². The van der Waals surface area contributed by atoms with Crippen molar-refractivity contribution in [1.29, 1.82) is 0 Å². The predicted octanol–water partition coefficient (Wildman–Crippen LogP) is 1.69. The maximum atomic E-state index is 11.6. The molecule has 0 aromatic carbocycles. The fraction of sp³-hybridized carbons (Fsp3) is 0.667. The average molecular weight is 361 g/mol. The molecule has 0 bridgehead atoms. The van der Waals surface area contributed by atoms with Gasteiger partial charge in [0.15, 0.2) is 5.96 Å². The Kier molecular flexibility index (Phi) is 8.57. The lowest BCUT2D eigenvalue weighted by Crippen LogP contribution is -2.40. The minimum atomic E-state index is -3.09. The van der Waals surface area contributed by atoms with Gasteiger partial charge in [-0.15, -0.1) is 0 Å². The van der Waals surface area contributed by atoms with Crippen LogP contribution in [0.2, 0.25) is 0 Å². The van der Waals surface area contributed by atoms with Crippen molar-refractivity contribution in [1.82, 2.24) is 14.9 Å². The highest BCUT2D eigenvalue weighted by molar-refractivity contribution is 7.89. The molecule has 0 saturated heterocycles. The van der Waals surface area contributed by atoms with Crippen molar-refractivity contribution in [2.45, 2.75) is 26.2 Å². The molecular weight excluding hydrogens is 332 g/mol. The highest BCUT2D eigenvalue weighted by Crippen LogP contribution is 2.16. The minimum Gasteiger partial charge on any atom is -0.356 e. The molecule has 0 aliphatic carbocycles. The summed E-state index contributed by atoms with van der Waals surface area (Å²) in [5.41, 5.74) is 1.32. The second-order valence-corrected chi connectivity index (χ2v) is 8.56. The van der Waals surface area contributed by atoms with Gasteiger partial charge in [0.2, 0.25) is 10.0 Å². The van der Waals surface area contributed by atoms with Gasteiger partial charge in [0, 0.05) is 33.7 Å². The lowest BCUT2D eigenvalue weighted by atomic mass is 10.1. The summed E-state index contributed by atoms with van der Waals surface area (Å²) in [7, 11) is 0.263. The summed E-state index contributed by atoms with van der Waals surface area (Å²) in [6.45, 7) is 5.82. The van der Waals surface area contributed by atoms with E-state index in [1.165, 1.54) is 9.87 Å². The first-order chi connectivity index (χ1) is 10.9. The van der Waals surface area contributed by atoms with Crippen LogP contribution in [0.4, 0.5) is 0 Å². The fourth-order valence-electron chi connectivity index (χ4n) is 2.01. The minimum absolute atomic E-state index is 0.140. The Labute approximate surface area is 144 Å². The molecule has 23 heavy (non-hydrogen) atoms. The lowest BCUT2D eigenvalue weighted by Gasteiger charge is -2.18. The molecule has 2 N–H and O–H groups in total. The molecule has 1 heterocycles. The molecule has 0 radical (unpaired) electrons. The molecule has 8 heteroatoms. The van der Waals surface area contributed by atoms with Crippen molar-refractivity contribution in [3.63, 3.8) is 0 Å². The maximum absolute atomic E-state index is 11.6. The first kappa shape index (κ1) is 19.9. The van der Waals surface area contributed by atoms with Gasteiger partial charge in [-0.05, 0) is 41.7 Å². The molecule has 1 rings (SSSR count). The summed E-state index contributed by atoms with van der Waals surface area (Å²) in [5.74, 6) is 1.30. The Bertz CT molecular complexity index is 570. The first-order valence-electron chi connectivity index (χ1n) is 7.81. The summed E-state index contributed by atoms with van der Waals surface area (Å²) >= 11 is 1.70. The quantitative estimate of drug-likeness (QED) is 0.399. The molecule has 1 aromatic heterocycles. The van der Waals surface area contributed by atoms with Gasteiger partial charge in [-0.1, -0.05) is 6.92 Å². The summed E-state index contributed by atoms with van der Waals surface area (Å²) in [5, 5.41) is 10.8. The van der Waals surface area contributed by atoms with Crippen molar-refractivity contribution in [3.8, 4) is 0 Å². The Morgan fingerprint density at radius 2 is 2.17 bits per heavy atom. The smallest absolute Gasteiger partial charge is 0.213 e. The number of hydrogen-bond donors (Lipinski definition) is 2. The number of sulfonamides is 1. The summed E-state index contributed by atoms with van der Waals surface area (Å²) in [6, 6.07) is 2.14. The molecule has 0 aliphatic rings. The largest absolute Gasteiger partial charge is 0.356 e. The van der Waals surface area contributed by atoms with Crippen LogP contribution >= 0.6 is 11.3 Å². The van der Waals surface area contributed by atoms with Gasteiger partial charge < -0.3 is 10.6 Å². The second kappa shape index (κ2) is 9.89. The molecule has 1 unspecified atom stereocenters. The fourth-order valence-corrected chi connectivity index (χ4v) is 3.64. The van der Waals surface area contributed by atoms with Crippen LogP contribution in [0.5, 0.6) is 0 Å². The standard InChI is InChI=1S/C15H28N4O2S2/c1-5-23(20,21)19(4)9-6-8-17-15(16-3)18-11-13(2)14-7-10-22-12-14/h7,10,12-13H,5-6,8-9,11H2,1-4H3,(H2,16,17,18). The van der Waals surface area contributed by atoms with Gasteiger partial charge in [0.1, 0.15) is 0 Å². The van der Waals surface area contributed by atoms with E-state index in [1.54, 1.807) is 32.4 Å². The number of nitrogens with zero attached hydrogens (tertiary/aromatic N) is 2. The third kappa shape index (κ3) is 6.88. The van der Waals surface area contributed by atoms with Crippen molar-refractivity contribution < 1.29 is 8.42 Å². The van der Waals surface area contributed by atoms with Crippen LogP contribution in [0, 0.1) is 0 Å². The Morgan fingerprint density at radius 3 is 2.74 bits per heavy atom.